The van der Waals surface area contributed by atoms with Crippen LogP contribution < -0.4 is 0 Å². The molecular weight excluding hydrogens is 289 g/mol. The third-order valence-electron chi connectivity index (χ3n) is 2.06. The van der Waals surface area contributed by atoms with Crippen LogP contribution in [0, 0.1) is 0 Å². The average molecular weight is 297 g/mol. The fourth-order valence-corrected chi connectivity index (χ4v) is 2.33. The summed E-state index contributed by atoms with van der Waals surface area (Å²) in [6, 6.07) is 0. The van der Waals surface area contributed by atoms with Crippen molar-refractivity contribution < 1.29 is 13.2 Å². The minimum Gasteiger partial charge on any atom is -0.341 e. The van der Waals surface area contributed by atoms with Gasteiger partial charge in [0.05, 0.1) is 6.33 Å². The van der Waals surface area contributed by atoms with Crippen LogP contribution in [-0.2, 0) is 0 Å². The van der Waals surface area contributed by atoms with Gasteiger partial charge in [-0.1, -0.05) is 23.4 Å². The quantitative estimate of drug-likeness (QED) is 0.406. The summed E-state index contributed by atoms with van der Waals surface area (Å²) in [6.07, 6.45) is -3.47. The van der Waals surface area contributed by atoms with Crippen LogP contribution in [0.25, 0.3) is 11.2 Å². The van der Waals surface area contributed by atoms with E-state index in [1.54, 1.807) is 0 Å². The number of fused-ring (bicyclic) bond motifs is 1. The number of H-pyrrole nitrogens is 1. The molecule has 1 N–H and O–H groups in total. The fourth-order valence-electron chi connectivity index (χ4n) is 1.28. The highest BCUT2D eigenvalue weighted by Gasteiger charge is 2.26. The number of rotatable bonds is 4. The van der Waals surface area contributed by atoms with Crippen LogP contribution in [0.15, 0.2) is 11.5 Å². The van der Waals surface area contributed by atoms with Gasteiger partial charge in [-0.25, -0.2) is 15.0 Å². The van der Waals surface area contributed by atoms with Crippen molar-refractivity contribution in [3.8, 4) is 0 Å². The van der Waals surface area contributed by atoms with Gasteiger partial charge in [-0.05, 0) is 6.42 Å². The summed E-state index contributed by atoms with van der Waals surface area (Å²) in [6.45, 7) is 0. The van der Waals surface area contributed by atoms with E-state index in [0.717, 1.165) is 11.8 Å². The van der Waals surface area contributed by atoms with E-state index in [4.69, 9.17) is 11.6 Å². The molecule has 2 aromatic rings. The molecule has 98 valence electrons. The van der Waals surface area contributed by atoms with Crippen LogP contribution in [0.4, 0.5) is 13.2 Å². The molecule has 0 aliphatic heterocycles. The zero-order chi connectivity index (χ0) is 13.2. The Balaban J connectivity index is 1.95. The van der Waals surface area contributed by atoms with Gasteiger partial charge >= 0.3 is 6.18 Å². The number of alkyl halides is 3. The second kappa shape index (κ2) is 5.31. The predicted octanol–water partition coefficient (Wildman–Crippen LogP) is 3.44. The van der Waals surface area contributed by atoms with Gasteiger partial charge in [0.1, 0.15) is 5.52 Å². The smallest absolute Gasteiger partial charge is 0.341 e. The van der Waals surface area contributed by atoms with Crippen molar-refractivity contribution in [3.05, 3.63) is 11.5 Å². The summed E-state index contributed by atoms with van der Waals surface area (Å²) >= 11 is 7.01. The Hall–Kier alpha value is -1.02. The van der Waals surface area contributed by atoms with Crippen molar-refractivity contribution in [3.63, 3.8) is 0 Å². The third kappa shape index (κ3) is 3.49. The predicted molar refractivity (Wildman–Crippen MR) is 62.7 cm³/mol. The largest absolute Gasteiger partial charge is 0.389 e. The first kappa shape index (κ1) is 13.4. The van der Waals surface area contributed by atoms with Gasteiger partial charge < -0.3 is 4.98 Å². The fraction of sp³-hybridized carbons (Fsp3) is 0.444. The Morgan fingerprint density at radius 3 is 2.83 bits per heavy atom. The van der Waals surface area contributed by atoms with Gasteiger partial charge in [-0.15, -0.1) is 0 Å². The summed E-state index contributed by atoms with van der Waals surface area (Å²) in [5, 5.41) is 0.553. The van der Waals surface area contributed by atoms with E-state index < -0.39 is 12.6 Å². The molecule has 9 heteroatoms. The lowest BCUT2D eigenvalue weighted by Gasteiger charge is -2.05. The number of aromatic amines is 1. The van der Waals surface area contributed by atoms with E-state index in [1.165, 1.54) is 6.33 Å². The van der Waals surface area contributed by atoms with Crippen LogP contribution in [-0.4, -0.2) is 31.9 Å². The lowest BCUT2D eigenvalue weighted by atomic mass is 10.3. The van der Waals surface area contributed by atoms with E-state index in [9.17, 15) is 13.2 Å². The van der Waals surface area contributed by atoms with Crippen molar-refractivity contribution in [2.45, 2.75) is 24.2 Å². The van der Waals surface area contributed by atoms with Crippen molar-refractivity contribution in [1.29, 1.82) is 0 Å². The molecule has 0 saturated carbocycles. The van der Waals surface area contributed by atoms with E-state index >= 15 is 0 Å². The molecule has 0 amide bonds. The topological polar surface area (TPSA) is 54.5 Å². The molecule has 2 rings (SSSR count). The molecule has 0 aliphatic carbocycles. The zero-order valence-electron chi connectivity index (χ0n) is 8.96. The standard InChI is InChI=1S/C9H8ClF3N4S/c10-6-5-7(15-4-14-5)17-8(16-6)18-3-1-2-9(11,12)13/h4H,1-3H2,(H,14,15,16,17). The van der Waals surface area contributed by atoms with Crippen molar-refractivity contribution in [1.82, 2.24) is 19.9 Å². The number of imidazole rings is 1. The molecule has 0 aliphatic rings. The molecule has 0 aromatic carbocycles. The number of hydrogen-bond acceptors (Lipinski definition) is 4. The Kier molecular flexibility index (Phi) is 3.96. The lowest BCUT2D eigenvalue weighted by Crippen LogP contribution is -2.07. The number of aromatic nitrogens is 4. The van der Waals surface area contributed by atoms with E-state index in [2.05, 4.69) is 19.9 Å². The second-order valence-corrected chi connectivity index (χ2v) is 4.89. The van der Waals surface area contributed by atoms with Crippen LogP contribution in [0.2, 0.25) is 5.15 Å². The molecule has 0 radical (unpaired) electrons. The first-order valence-corrected chi connectivity index (χ1v) is 6.38. The van der Waals surface area contributed by atoms with Gasteiger partial charge in [-0.2, -0.15) is 13.2 Å². The summed E-state index contributed by atoms with van der Waals surface area (Å²) < 4.78 is 35.8. The Bertz CT molecular complexity index is 542. The molecule has 0 saturated heterocycles. The van der Waals surface area contributed by atoms with Gasteiger partial charge in [0.2, 0.25) is 0 Å². The van der Waals surface area contributed by atoms with Crippen LogP contribution in [0.3, 0.4) is 0 Å². The number of nitrogens with zero attached hydrogens (tertiary/aromatic N) is 3. The minimum atomic E-state index is -4.12. The number of thioether (sulfide) groups is 1. The number of halogens is 4. The molecule has 2 aromatic heterocycles. The Morgan fingerprint density at radius 1 is 1.33 bits per heavy atom. The second-order valence-electron chi connectivity index (χ2n) is 3.47. The van der Waals surface area contributed by atoms with Gasteiger partial charge in [0.15, 0.2) is 16.0 Å². The monoisotopic (exact) mass is 296 g/mol. The van der Waals surface area contributed by atoms with Crippen molar-refractivity contribution >= 4 is 34.5 Å². The van der Waals surface area contributed by atoms with E-state index in [1.807, 2.05) is 0 Å². The maximum absolute atomic E-state index is 11.9. The Morgan fingerprint density at radius 2 is 2.11 bits per heavy atom. The molecule has 0 bridgehead atoms. The molecule has 0 atom stereocenters. The maximum atomic E-state index is 11.9. The summed E-state index contributed by atoms with van der Waals surface area (Å²) in [4.78, 5) is 14.7. The molecule has 18 heavy (non-hydrogen) atoms. The minimum absolute atomic E-state index is 0.0216. The van der Waals surface area contributed by atoms with Crippen LogP contribution in [0.5, 0.6) is 0 Å². The van der Waals surface area contributed by atoms with Gasteiger partial charge in [0.25, 0.3) is 0 Å². The molecule has 4 nitrogen and oxygen atoms in total. The van der Waals surface area contributed by atoms with Crippen LogP contribution >= 0.6 is 23.4 Å². The van der Waals surface area contributed by atoms with Gasteiger partial charge in [-0.3, -0.25) is 0 Å². The summed E-state index contributed by atoms with van der Waals surface area (Å²) in [5.74, 6) is 0.284. The summed E-state index contributed by atoms with van der Waals surface area (Å²) in [7, 11) is 0. The van der Waals surface area contributed by atoms with Crippen LogP contribution in [0.1, 0.15) is 12.8 Å². The van der Waals surface area contributed by atoms with E-state index in [0.29, 0.717) is 16.3 Å². The highest BCUT2D eigenvalue weighted by Crippen LogP contribution is 2.25. The van der Waals surface area contributed by atoms with Crippen molar-refractivity contribution in [2.75, 3.05) is 5.75 Å². The van der Waals surface area contributed by atoms with Gasteiger partial charge in [0, 0.05) is 12.2 Å². The Labute approximate surface area is 109 Å². The normalized spacial score (nSPS) is 12.2. The molecule has 2 heterocycles. The molecule has 0 spiro atoms. The average Bonchev–Trinajstić information content (AvgIpc) is 2.71. The number of hydrogen-bond donors (Lipinski definition) is 1. The first-order chi connectivity index (χ1) is 8.46. The first-order valence-electron chi connectivity index (χ1n) is 5.02. The maximum Gasteiger partial charge on any atom is 0.389 e. The molecule has 0 unspecified atom stereocenters. The van der Waals surface area contributed by atoms with E-state index in [-0.39, 0.29) is 17.3 Å². The SMILES string of the molecule is FC(F)(F)CCCSc1nc(Cl)c2[nH]cnc2n1. The molecular formula is C9H8ClF3N4S. The third-order valence-corrected chi connectivity index (χ3v) is 3.26. The highest BCUT2D eigenvalue weighted by atomic mass is 35.5. The summed E-state index contributed by atoms with van der Waals surface area (Å²) in [5.41, 5.74) is 0.935. The highest BCUT2D eigenvalue weighted by molar-refractivity contribution is 7.99. The molecule has 0 fully saturated rings. The zero-order valence-corrected chi connectivity index (χ0v) is 10.5. The number of nitrogens with one attached hydrogen (secondary N) is 1. The lowest BCUT2D eigenvalue weighted by molar-refractivity contribution is -0.134. The van der Waals surface area contributed by atoms with Crippen molar-refractivity contribution in [2.24, 2.45) is 0 Å².